The normalized spacial score (nSPS) is 10.8. The van der Waals surface area contributed by atoms with E-state index in [4.69, 9.17) is 4.74 Å². The SMILES string of the molecule is CCCCOc1ccc(-c2nc3cc(C(=O)c4ccccc4)ccc3[nH]c2=O)cc1. The molecule has 5 heteroatoms. The summed E-state index contributed by atoms with van der Waals surface area (Å²) in [6.07, 6.45) is 2.07. The quantitative estimate of drug-likeness (QED) is 0.351. The molecule has 1 N–H and O–H groups in total. The molecule has 0 spiro atoms. The van der Waals surface area contributed by atoms with Crippen molar-refractivity contribution in [1.82, 2.24) is 9.97 Å². The largest absolute Gasteiger partial charge is 0.494 e. The lowest BCUT2D eigenvalue weighted by Crippen LogP contribution is -2.12. The highest BCUT2D eigenvalue weighted by Crippen LogP contribution is 2.21. The van der Waals surface area contributed by atoms with E-state index in [-0.39, 0.29) is 11.3 Å². The second-order valence-corrected chi connectivity index (χ2v) is 7.07. The molecular weight excluding hydrogens is 376 g/mol. The van der Waals surface area contributed by atoms with Crippen LogP contribution in [0.4, 0.5) is 0 Å². The van der Waals surface area contributed by atoms with Gasteiger partial charge in [0, 0.05) is 16.7 Å². The average molecular weight is 398 g/mol. The molecule has 0 bridgehead atoms. The highest BCUT2D eigenvalue weighted by atomic mass is 16.5. The third-order valence-electron chi connectivity index (χ3n) is 4.89. The van der Waals surface area contributed by atoms with Gasteiger partial charge in [-0.3, -0.25) is 9.59 Å². The van der Waals surface area contributed by atoms with Gasteiger partial charge in [0.2, 0.25) is 0 Å². The number of nitrogens with zero attached hydrogens (tertiary/aromatic N) is 1. The minimum absolute atomic E-state index is 0.0827. The van der Waals surface area contributed by atoms with E-state index in [1.165, 1.54) is 0 Å². The number of H-pyrrole nitrogens is 1. The number of unbranched alkanes of at least 4 members (excludes halogenated alkanes) is 1. The maximum atomic E-state index is 12.7. The van der Waals surface area contributed by atoms with E-state index in [9.17, 15) is 9.59 Å². The van der Waals surface area contributed by atoms with E-state index >= 15 is 0 Å². The van der Waals surface area contributed by atoms with Gasteiger partial charge in [0.15, 0.2) is 5.78 Å². The van der Waals surface area contributed by atoms with Crippen molar-refractivity contribution in [2.75, 3.05) is 6.61 Å². The molecule has 0 fully saturated rings. The number of fused-ring (bicyclic) bond motifs is 1. The second-order valence-electron chi connectivity index (χ2n) is 7.07. The van der Waals surface area contributed by atoms with Crippen molar-refractivity contribution < 1.29 is 9.53 Å². The molecule has 0 aliphatic heterocycles. The Balaban J connectivity index is 1.67. The zero-order chi connectivity index (χ0) is 20.9. The van der Waals surface area contributed by atoms with Gasteiger partial charge in [0.1, 0.15) is 11.4 Å². The van der Waals surface area contributed by atoms with E-state index < -0.39 is 0 Å². The summed E-state index contributed by atoms with van der Waals surface area (Å²) < 4.78 is 5.68. The van der Waals surface area contributed by atoms with Crippen LogP contribution in [0.3, 0.4) is 0 Å². The van der Waals surface area contributed by atoms with Crippen LogP contribution in [0.1, 0.15) is 35.7 Å². The fourth-order valence-electron chi connectivity index (χ4n) is 3.22. The lowest BCUT2D eigenvalue weighted by atomic mass is 10.0. The molecule has 5 nitrogen and oxygen atoms in total. The van der Waals surface area contributed by atoms with Crippen molar-refractivity contribution in [3.63, 3.8) is 0 Å². The number of hydrogen-bond acceptors (Lipinski definition) is 4. The number of benzene rings is 3. The maximum Gasteiger partial charge on any atom is 0.274 e. The minimum atomic E-state index is -0.274. The van der Waals surface area contributed by atoms with E-state index in [1.54, 1.807) is 30.3 Å². The summed E-state index contributed by atoms with van der Waals surface area (Å²) in [5.74, 6) is 0.681. The summed E-state index contributed by atoms with van der Waals surface area (Å²) in [5, 5.41) is 0. The van der Waals surface area contributed by atoms with Crippen LogP contribution < -0.4 is 10.3 Å². The molecule has 0 amide bonds. The topological polar surface area (TPSA) is 72.0 Å². The first-order valence-electron chi connectivity index (χ1n) is 10.0. The second kappa shape index (κ2) is 8.74. The Morgan fingerprint density at radius 3 is 2.47 bits per heavy atom. The third kappa shape index (κ3) is 4.15. The maximum absolute atomic E-state index is 12.7. The van der Waals surface area contributed by atoms with Gasteiger partial charge in [-0.05, 0) is 48.9 Å². The van der Waals surface area contributed by atoms with Gasteiger partial charge in [-0.15, -0.1) is 0 Å². The molecular formula is C25H22N2O3. The monoisotopic (exact) mass is 398 g/mol. The molecule has 30 heavy (non-hydrogen) atoms. The molecule has 3 aromatic carbocycles. The summed E-state index contributed by atoms with van der Waals surface area (Å²) in [7, 11) is 0. The van der Waals surface area contributed by atoms with Crippen LogP contribution in [0.2, 0.25) is 0 Å². The van der Waals surface area contributed by atoms with Crippen LogP contribution in [0, 0.1) is 0 Å². The molecule has 4 aromatic rings. The number of ether oxygens (including phenoxy) is 1. The minimum Gasteiger partial charge on any atom is -0.494 e. The van der Waals surface area contributed by atoms with E-state index in [0.29, 0.717) is 40.0 Å². The van der Waals surface area contributed by atoms with E-state index in [0.717, 1.165) is 18.6 Å². The molecule has 0 unspecified atom stereocenters. The zero-order valence-electron chi connectivity index (χ0n) is 16.7. The highest BCUT2D eigenvalue weighted by molar-refractivity contribution is 6.10. The number of nitrogens with one attached hydrogen (secondary N) is 1. The summed E-state index contributed by atoms with van der Waals surface area (Å²) in [4.78, 5) is 32.7. The molecule has 0 atom stereocenters. The van der Waals surface area contributed by atoms with E-state index in [1.807, 2.05) is 42.5 Å². The summed E-state index contributed by atoms with van der Waals surface area (Å²) in [6, 6.07) is 21.6. The van der Waals surface area contributed by atoms with Gasteiger partial charge in [-0.1, -0.05) is 43.7 Å². The number of aromatic nitrogens is 2. The fraction of sp³-hybridized carbons (Fsp3) is 0.160. The number of ketones is 1. The smallest absolute Gasteiger partial charge is 0.274 e. The molecule has 0 aliphatic rings. The Hall–Kier alpha value is -3.73. The standard InChI is InChI=1S/C25H22N2O3/c1-2-3-15-30-20-12-9-17(10-13-20)23-25(29)27-21-14-11-19(16-22(21)26-23)24(28)18-7-5-4-6-8-18/h4-14,16H,2-3,15H2,1H3,(H,27,29). The van der Waals surface area contributed by atoms with Crippen molar-refractivity contribution in [3.8, 4) is 17.0 Å². The lowest BCUT2D eigenvalue weighted by molar-refractivity contribution is 0.103. The summed E-state index contributed by atoms with van der Waals surface area (Å²) >= 11 is 0. The Kier molecular flexibility index (Phi) is 5.70. The van der Waals surface area contributed by atoms with Crippen LogP contribution in [-0.2, 0) is 0 Å². The summed E-state index contributed by atoms with van der Waals surface area (Å²) in [5.41, 5.74) is 3.03. The Bertz CT molecular complexity index is 1230. The molecule has 150 valence electrons. The number of aromatic amines is 1. The summed E-state index contributed by atoms with van der Waals surface area (Å²) in [6.45, 7) is 2.78. The molecule has 0 radical (unpaired) electrons. The van der Waals surface area contributed by atoms with Gasteiger partial charge >= 0.3 is 0 Å². The van der Waals surface area contributed by atoms with Crippen molar-refractivity contribution in [3.05, 3.63) is 94.3 Å². The van der Waals surface area contributed by atoms with Crippen molar-refractivity contribution >= 4 is 16.8 Å². The first-order chi connectivity index (χ1) is 14.7. The number of rotatable bonds is 7. The molecule has 1 heterocycles. The Morgan fingerprint density at radius 1 is 0.967 bits per heavy atom. The predicted octanol–water partition coefficient (Wildman–Crippen LogP) is 5.00. The number of carbonyl (C=O) groups excluding carboxylic acids is 1. The van der Waals surface area contributed by atoms with Crippen LogP contribution in [-0.4, -0.2) is 22.4 Å². The highest BCUT2D eigenvalue weighted by Gasteiger charge is 2.12. The zero-order valence-corrected chi connectivity index (χ0v) is 16.7. The van der Waals surface area contributed by atoms with Crippen LogP contribution in [0.15, 0.2) is 77.6 Å². The molecule has 0 saturated heterocycles. The van der Waals surface area contributed by atoms with Crippen molar-refractivity contribution in [1.29, 1.82) is 0 Å². The van der Waals surface area contributed by atoms with Crippen LogP contribution >= 0.6 is 0 Å². The van der Waals surface area contributed by atoms with Gasteiger partial charge in [-0.25, -0.2) is 4.98 Å². The fourth-order valence-corrected chi connectivity index (χ4v) is 3.22. The first kappa shape index (κ1) is 19.6. The Morgan fingerprint density at radius 2 is 1.73 bits per heavy atom. The van der Waals surface area contributed by atoms with Crippen LogP contribution in [0.25, 0.3) is 22.3 Å². The molecule has 0 aliphatic carbocycles. The van der Waals surface area contributed by atoms with Crippen molar-refractivity contribution in [2.45, 2.75) is 19.8 Å². The Labute approximate surface area is 174 Å². The molecule has 1 aromatic heterocycles. The first-order valence-corrected chi connectivity index (χ1v) is 10.0. The third-order valence-corrected chi connectivity index (χ3v) is 4.89. The van der Waals surface area contributed by atoms with E-state index in [2.05, 4.69) is 16.9 Å². The predicted molar refractivity (Wildman–Crippen MR) is 118 cm³/mol. The van der Waals surface area contributed by atoms with Gasteiger partial charge in [0.05, 0.1) is 17.6 Å². The molecule has 4 rings (SSSR count). The van der Waals surface area contributed by atoms with Crippen LogP contribution in [0.5, 0.6) is 5.75 Å². The van der Waals surface area contributed by atoms with Crippen molar-refractivity contribution in [2.24, 2.45) is 0 Å². The number of hydrogen-bond donors (Lipinski definition) is 1. The average Bonchev–Trinajstić information content (AvgIpc) is 2.79. The number of carbonyl (C=O) groups is 1. The lowest BCUT2D eigenvalue weighted by Gasteiger charge is -2.07. The van der Waals surface area contributed by atoms with Gasteiger partial charge < -0.3 is 9.72 Å². The van der Waals surface area contributed by atoms with Gasteiger partial charge in [0.25, 0.3) is 5.56 Å². The van der Waals surface area contributed by atoms with Gasteiger partial charge in [-0.2, -0.15) is 0 Å². The molecule has 0 saturated carbocycles.